The Labute approximate surface area is 166 Å². The van der Waals surface area contributed by atoms with Crippen molar-refractivity contribution in [3.8, 4) is 5.75 Å². The van der Waals surface area contributed by atoms with E-state index in [1.165, 1.54) is 5.56 Å². The van der Waals surface area contributed by atoms with Gasteiger partial charge in [-0.1, -0.05) is 48.0 Å². The Bertz CT molecular complexity index is 832. The zero-order chi connectivity index (χ0) is 20.1. The van der Waals surface area contributed by atoms with Crippen LogP contribution in [-0.4, -0.2) is 30.4 Å². The Balaban J connectivity index is 1.84. The van der Waals surface area contributed by atoms with Gasteiger partial charge in [-0.15, -0.1) is 0 Å². The fraction of sp³-hybridized carbons (Fsp3) is 0.391. The van der Waals surface area contributed by atoms with Crippen LogP contribution < -0.4 is 10.1 Å². The minimum Gasteiger partial charge on any atom is -0.496 e. The Morgan fingerprint density at radius 3 is 2.57 bits per heavy atom. The van der Waals surface area contributed by atoms with Crippen LogP contribution in [0.25, 0.3) is 0 Å². The summed E-state index contributed by atoms with van der Waals surface area (Å²) in [7, 11) is 1.62. The molecule has 0 aromatic heterocycles. The molecule has 1 saturated heterocycles. The van der Waals surface area contributed by atoms with E-state index in [-0.39, 0.29) is 23.8 Å². The van der Waals surface area contributed by atoms with Gasteiger partial charge in [0.25, 0.3) is 0 Å². The number of piperidine rings is 1. The largest absolute Gasteiger partial charge is 0.496 e. The number of hydrogen-bond acceptors (Lipinski definition) is 3. The smallest absolute Gasteiger partial charge is 0.225 e. The molecule has 3 rings (SSSR count). The lowest BCUT2D eigenvalue weighted by Crippen LogP contribution is -2.48. The molecule has 2 aromatic rings. The summed E-state index contributed by atoms with van der Waals surface area (Å²) in [4.78, 5) is 27.4. The average Bonchev–Trinajstić information content (AvgIpc) is 2.72. The topological polar surface area (TPSA) is 58.6 Å². The van der Waals surface area contributed by atoms with Crippen LogP contribution in [0.4, 0.5) is 0 Å². The van der Waals surface area contributed by atoms with Crippen LogP contribution in [0.3, 0.4) is 0 Å². The van der Waals surface area contributed by atoms with Crippen LogP contribution in [-0.2, 0) is 16.1 Å². The second-order valence-electron chi connectivity index (χ2n) is 7.22. The minimum absolute atomic E-state index is 0.0255. The monoisotopic (exact) mass is 380 g/mol. The van der Waals surface area contributed by atoms with Crippen LogP contribution in [0, 0.1) is 12.8 Å². The number of carbonyl (C=O) groups is 2. The fourth-order valence-corrected chi connectivity index (χ4v) is 3.92. The number of hydrogen-bond donors (Lipinski definition) is 1. The van der Waals surface area contributed by atoms with E-state index in [0.717, 1.165) is 11.1 Å². The number of likely N-dealkylation sites (tertiary alicyclic amines) is 1. The Hall–Kier alpha value is -2.82. The summed E-state index contributed by atoms with van der Waals surface area (Å²) in [6.07, 6.45) is 0.930. The van der Waals surface area contributed by atoms with Gasteiger partial charge in [0.05, 0.1) is 19.1 Å². The molecule has 0 unspecified atom stereocenters. The molecule has 1 aliphatic heterocycles. The number of benzene rings is 2. The number of para-hydroxylation sites is 1. The SMILES string of the molecule is CCN1C(=O)CC[C@@H](C(=O)NCc2ccc(C)cc2)[C@@H]1c1ccccc1OC. The van der Waals surface area contributed by atoms with E-state index < -0.39 is 0 Å². The van der Waals surface area contributed by atoms with Crippen molar-refractivity contribution in [1.29, 1.82) is 0 Å². The van der Waals surface area contributed by atoms with Crippen molar-refractivity contribution in [2.75, 3.05) is 13.7 Å². The maximum Gasteiger partial charge on any atom is 0.225 e. The Morgan fingerprint density at radius 1 is 1.18 bits per heavy atom. The molecule has 0 saturated carbocycles. The first-order valence-corrected chi connectivity index (χ1v) is 9.80. The molecule has 1 N–H and O–H groups in total. The van der Waals surface area contributed by atoms with Crippen LogP contribution in [0.2, 0.25) is 0 Å². The molecule has 1 aliphatic rings. The third-order valence-electron chi connectivity index (χ3n) is 5.43. The van der Waals surface area contributed by atoms with Crippen molar-refractivity contribution in [3.63, 3.8) is 0 Å². The first kappa shape index (κ1) is 19.9. The second kappa shape index (κ2) is 8.91. The van der Waals surface area contributed by atoms with Gasteiger partial charge in [0.2, 0.25) is 11.8 Å². The summed E-state index contributed by atoms with van der Waals surface area (Å²) in [5.74, 6) is 0.458. The third kappa shape index (κ3) is 4.19. The molecule has 28 heavy (non-hydrogen) atoms. The van der Waals surface area contributed by atoms with Gasteiger partial charge < -0.3 is 15.0 Å². The van der Waals surface area contributed by atoms with Crippen molar-refractivity contribution >= 4 is 11.8 Å². The molecular formula is C23H28N2O3. The third-order valence-corrected chi connectivity index (χ3v) is 5.43. The molecule has 5 nitrogen and oxygen atoms in total. The van der Waals surface area contributed by atoms with E-state index in [2.05, 4.69) is 5.32 Å². The van der Waals surface area contributed by atoms with E-state index in [1.807, 2.05) is 62.4 Å². The number of amides is 2. The van der Waals surface area contributed by atoms with Crippen LogP contribution >= 0.6 is 0 Å². The molecule has 0 bridgehead atoms. The number of rotatable bonds is 6. The zero-order valence-electron chi connectivity index (χ0n) is 16.8. The maximum atomic E-state index is 13.1. The predicted octanol–water partition coefficient (Wildman–Crippen LogP) is 3.62. The second-order valence-corrected chi connectivity index (χ2v) is 7.22. The normalized spacial score (nSPS) is 19.4. The predicted molar refractivity (Wildman–Crippen MR) is 109 cm³/mol. The van der Waals surface area contributed by atoms with Gasteiger partial charge >= 0.3 is 0 Å². The number of aryl methyl sites for hydroxylation is 1. The molecule has 5 heteroatoms. The molecule has 2 atom stereocenters. The molecule has 2 amide bonds. The van der Waals surface area contributed by atoms with E-state index in [0.29, 0.717) is 31.7 Å². The van der Waals surface area contributed by atoms with Crippen molar-refractivity contribution in [2.24, 2.45) is 5.92 Å². The van der Waals surface area contributed by atoms with Crippen molar-refractivity contribution < 1.29 is 14.3 Å². The lowest BCUT2D eigenvalue weighted by molar-refractivity contribution is -0.143. The first-order valence-electron chi connectivity index (χ1n) is 9.80. The highest BCUT2D eigenvalue weighted by Gasteiger charge is 2.41. The van der Waals surface area contributed by atoms with Gasteiger partial charge in [0, 0.05) is 25.1 Å². The quantitative estimate of drug-likeness (QED) is 0.833. The summed E-state index contributed by atoms with van der Waals surface area (Å²) in [6.45, 7) is 5.03. The van der Waals surface area contributed by atoms with E-state index >= 15 is 0 Å². The van der Waals surface area contributed by atoms with Gasteiger partial charge in [-0.05, 0) is 31.9 Å². The van der Waals surface area contributed by atoms with Gasteiger partial charge in [-0.25, -0.2) is 0 Å². The van der Waals surface area contributed by atoms with Crippen LogP contribution in [0.5, 0.6) is 5.75 Å². The molecule has 0 radical (unpaired) electrons. The van der Waals surface area contributed by atoms with Crippen molar-refractivity contribution in [3.05, 3.63) is 65.2 Å². The Kier molecular flexibility index (Phi) is 6.34. The summed E-state index contributed by atoms with van der Waals surface area (Å²) >= 11 is 0. The van der Waals surface area contributed by atoms with Gasteiger partial charge in [0.15, 0.2) is 0 Å². The van der Waals surface area contributed by atoms with Gasteiger partial charge in [-0.3, -0.25) is 9.59 Å². The highest BCUT2D eigenvalue weighted by molar-refractivity contribution is 5.85. The van der Waals surface area contributed by atoms with E-state index in [4.69, 9.17) is 4.74 Å². The maximum absolute atomic E-state index is 13.1. The molecule has 1 fully saturated rings. The lowest BCUT2D eigenvalue weighted by atomic mass is 9.83. The highest BCUT2D eigenvalue weighted by Crippen LogP contribution is 2.40. The number of nitrogens with zero attached hydrogens (tertiary/aromatic N) is 1. The lowest BCUT2D eigenvalue weighted by Gasteiger charge is -2.40. The standard InChI is InChI=1S/C23H28N2O3/c1-4-25-21(26)14-13-19(22(25)18-7-5-6-8-20(18)28-3)23(27)24-15-17-11-9-16(2)10-12-17/h5-12,19,22H,4,13-15H2,1-3H3,(H,24,27)/t19-,22+/m1/s1. The van der Waals surface area contributed by atoms with E-state index in [9.17, 15) is 9.59 Å². The number of methoxy groups -OCH3 is 1. The first-order chi connectivity index (χ1) is 13.5. The van der Waals surface area contributed by atoms with Crippen molar-refractivity contribution in [2.45, 2.75) is 39.3 Å². The number of ether oxygens (including phenoxy) is 1. The molecule has 0 aliphatic carbocycles. The van der Waals surface area contributed by atoms with Crippen molar-refractivity contribution in [1.82, 2.24) is 10.2 Å². The van der Waals surface area contributed by atoms with Gasteiger partial charge in [-0.2, -0.15) is 0 Å². The molecule has 2 aromatic carbocycles. The Morgan fingerprint density at radius 2 is 1.89 bits per heavy atom. The number of nitrogens with one attached hydrogen (secondary N) is 1. The van der Waals surface area contributed by atoms with Crippen LogP contribution in [0.15, 0.2) is 48.5 Å². The number of carbonyl (C=O) groups excluding carboxylic acids is 2. The fourth-order valence-electron chi connectivity index (χ4n) is 3.92. The summed E-state index contributed by atoms with van der Waals surface area (Å²) < 4.78 is 5.53. The molecular weight excluding hydrogens is 352 g/mol. The highest BCUT2D eigenvalue weighted by atomic mass is 16.5. The molecule has 1 heterocycles. The average molecular weight is 380 g/mol. The minimum atomic E-state index is -0.319. The zero-order valence-corrected chi connectivity index (χ0v) is 16.8. The molecule has 148 valence electrons. The van der Waals surface area contributed by atoms with Crippen LogP contribution in [0.1, 0.15) is 42.5 Å². The summed E-state index contributed by atoms with van der Waals surface area (Å²) in [6, 6.07) is 15.5. The van der Waals surface area contributed by atoms with E-state index in [1.54, 1.807) is 12.0 Å². The van der Waals surface area contributed by atoms with Gasteiger partial charge in [0.1, 0.15) is 5.75 Å². The summed E-state index contributed by atoms with van der Waals surface area (Å²) in [5, 5.41) is 3.07. The molecule has 0 spiro atoms. The summed E-state index contributed by atoms with van der Waals surface area (Å²) in [5.41, 5.74) is 3.14.